The topological polar surface area (TPSA) is 58.2 Å². The van der Waals surface area contributed by atoms with Gasteiger partial charge in [0.25, 0.3) is 0 Å². The normalized spacial score (nSPS) is 17.2. The predicted molar refractivity (Wildman–Crippen MR) is 96.1 cm³/mol. The number of benzene rings is 2. The Labute approximate surface area is 145 Å². The Morgan fingerprint density at radius 1 is 1.04 bits per heavy atom. The zero-order valence-corrected chi connectivity index (χ0v) is 14.3. The van der Waals surface area contributed by atoms with Gasteiger partial charge in [0.05, 0.1) is 6.04 Å². The van der Waals surface area contributed by atoms with Crippen LogP contribution in [0.2, 0.25) is 0 Å². The molecule has 0 spiro atoms. The predicted octanol–water partition coefficient (Wildman–Crippen LogP) is 3.92. The number of rotatable bonds is 4. The van der Waals surface area contributed by atoms with Gasteiger partial charge in [-0.05, 0) is 30.9 Å². The first-order valence-electron chi connectivity index (χ1n) is 7.62. The van der Waals surface area contributed by atoms with Crippen LogP contribution < -0.4 is 10.6 Å². The van der Waals surface area contributed by atoms with Crippen molar-refractivity contribution in [3.8, 4) is 0 Å². The minimum atomic E-state index is -0.456. The number of amides is 2. The molecule has 1 aliphatic heterocycles. The van der Waals surface area contributed by atoms with Crippen LogP contribution >= 0.6 is 11.8 Å². The summed E-state index contributed by atoms with van der Waals surface area (Å²) in [6.45, 7) is 1.76. The van der Waals surface area contributed by atoms with E-state index in [2.05, 4.69) is 10.6 Å². The minimum absolute atomic E-state index is 0.0838. The standard InChI is InChI=1S/C19H18N2O2S/c1-12-16(18(22)14-6-4-3-5-7-14)17(21-19(23)20-12)13-8-10-15(24-2)11-9-13/h3-11,17H,1-2H3,(H2,20,21,23). The third-order valence-electron chi connectivity index (χ3n) is 4.00. The lowest BCUT2D eigenvalue weighted by Crippen LogP contribution is -2.45. The molecule has 0 aliphatic carbocycles. The van der Waals surface area contributed by atoms with Crippen molar-refractivity contribution < 1.29 is 9.59 Å². The van der Waals surface area contributed by atoms with Crippen LogP contribution in [0.4, 0.5) is 4.79 Å². The lowest BCUT2D eigenvalue weighted by molar-refractivity contribution is 0.102. The van der Waals surface area contributed by atoms with Crippen LogP contribution in [0.1, 0.15) is 28.9 Å². The van der Waals surface area contributed by atoms with Crippen molar-refractivity contribution in [3.63, 3.8) is 0 Å². The van der Waals surface area contributed by atoms with Gasteiger partial charge in [0.2, 0.25) is 0 Å². The number of ketones is 1. The molecule has 122 valence electrons. The van der Waals surface area contributed by atoms with E-state index in [9.17, 15) is 9.59 Å². The van der Waals surface area contributed by atoms with Gasteiger partial charge in [-0.15, -0.1) is 11.8 Å². The second-order valence-electron chi connectivity index (χ2n) is 5.54. The Bertz CT molecular complexity index is 798. The molecule has 0 aromatic heterocycles. The minimum Gasteiger partial charge on any atom is -0.327 e. The third-order valence-corrected chi connectivity index (χ3v) is 4.74. The van der Waals surface area contributed by atoms with Crippen LogP contribution in [0.5, 0.6) is 0 Å². The Hall–Kier alpha value is -2.53. The molecule has 1 heterocycles. The van der Waals surface area contributed by atoms with Gasteiger partial charge in [-0.25, -0.2) is 4.79 Å². The van der Waals surface area contributed by atoms with Gasteiger partial charge in [0.1, 0.15) is 0 Å². The summed E-state index contributed by atoms with van der Waals surface area (Å²) in [6, 6.07) is 16.2. The SMILES string of the molecule is CSc1ccc(C2NC(=O)NC(C)=C2C(=O)c2ccccc2)cc1. The highest BCUT2D eigenvalue weighted by molar-refractivity contribution is 7.98. The van der Waals surface area contributed by atoms with Gasteiger partial charge in [0, 0.05) is 21.7 Å². The van der Waals surface area contributed by atoms with E-state index in [1.165, 1.54) is 0 Å². The molecule has 2 aromatic rings. The maximum atomic E-state index is 13.0. The van der Waals surface area contributed by atoms with E-state index in [0.717, 1.165) is 10.5 Å². The molecule has 24 heavy (non-hydrogen) atoms. The fourth-order valence-corrected chi connectivity index (χ4v) is 3.19. The molecule has 0 fully saturated rings. The van der Waals surface area contributed by atoms with Crippen molar-refractivity contribution >= 4 is 23.6 Å². The Kier molecular flexibility index (Phi) is 4.71. The fraction of sp³-hybridized carbons (Fsp3) is 0.158. The smallest absolute Gasteiger partial charge is 0.319 e. The number of urea groups is 1. The molecule has 4 nitrogen and oxygen atoms in total. The van der Waals surface area contributed by atoms with Crippen molar-refractivity contribution in [3.05, 3.63) is 77.0 Å². The Morgan fingerprint density at radius 2 is 1.71 bits per heavy atom. The van der Waals surface area contributed by atoms with Gasteiger partial charge in [-0.3, -0.25) is 4.79 Å². The maximum absolute atomic E-state index is 13.0. The van der Waals surface area contributed by atoms with Crippen LogP contribution in [0.25, 0.3) is 0 Å². The summed E-state index contributed by atoms with van der Waals surface area (Å²) in [6.07, 6.45) is 2.01. The van der Waals surface area contributed by atoms with E-state index in [1.54, 1.807) is 30.8 Å². The molecule has 0 saturated heterocycles. The Morgan fingerprint density at radius 3 is 2.33 bits per heavy atom. The highest BCUT2D eigenvalue weighted by atomic mass is 32.2. The first-order valence-corrected chi connectivity index (χ1v) is 8.84. The summed E-state index contributed by atoms with van der Waals surface area (Å²) in [5.41, 5.74) is 2.65. The number of hydrogen-bond donors (Lipinski definition) is 2. The molecule has 2 N–H and O–H groups in total. The Balaban J connectivity index is 2.03. The van der Waals surface area contributed by atoms with Gasteiger partial charge in [-0.1, -0.05) is 42.5 Å². The number of nitrogens with one attached hydrogen (secondary N) is 2. The average Bonchev–Trinajstić information content (AvgIpc) is 2.61. The number of carbonyl (C=O) groups excluding carboxylic acids is 2. The summed E-state index contributed by atoms with van der Waals surface area (Å²) in [4.78, 5) is 26.0. The zero-order valence-electron chi connectivity index (χ0n) is 13.5. The van der Waals surface area contributed by atoms with E-state index >= 15 is 0 Å². The van der Waals surface area contributed by atoms with Crippen molar-refractivity contribution in [1.29, 1.82) is 0 Å². The highest BCUT2D eigenvalue weighted by Crippen LogP contribution is 2.30. The number of Topliss-reactive ketones (excluding diaryl/α,β-unsaturated/α-hetero) is 1. The first kappa shape index (κ1) is 16.3. The number of thioether (sulfide) groups is 1. The van der Waals surface area contributed by atoms with Crippen LogP contribution in [0, 0.1) is 0 Å². The van der Waals surface area contributed by atoms with E-state index in [4.69, 9.17) is 0 Å². The van der Waals surface area contributed by atoms with E-state index in [0.29, 0.717) is 16.8 Å². The number of carbonyl (C=O) groups is 2. The molecular formula is C19H18N2O2S. The molecule has 0 radical (unpaired) electrons. The molecule has 2 aromatic carbocycles. The van der Waals surface area contributed by atoms with Crippen molar-refractivity contribution in [1.82, 2.24) is 10.6 Å². The molecule has 2 amide bonds. The number of hydrogen-bond acceptors (Lipinski definition) is 3. The van der Waals surface area contributed by atoms with E-state index < -0.39 is 6.04 Å². The maximum Gasteiger partial charge on any atom is 0.319 e. The lowest BCUT2D eigenvalue weighted by atomic mass is 9.90. The van der Waals surface area contributed by atoms with Crippen LogP contribution in [0.15, 0.2) is 70.8 Å². The fourth-order valence-electron chi connectivity index (χ4n) is 2.79. The lowest BCUT2D eigenvalue weighted by Gasteiger charge is -2.28. The molecule has 1 aliphatic rings. The largest absolute Gasteiger partial charge is 0.327 e. The molecular weight excluding hydrogens is 320 g/mol. The first-order chi connectivity index (χ1) is 11.6. The molecule has 1 unspecified atom stereocenters. The monoisotopic (exact) mass is 338 g/mol. The van der Waals surface area contributed by atoms with Crippen LogP contribution in [-0.4, -0.2) is 18.1 Å². The van der Waals surface area contributed by atoms with E-state index in [1.807, 2.05) is 48.7 Å². The van der Waals surface area contributed by atoms with Crippen molar-refractivity contribution in [2.24, 2.45) is 0 Å². The van der Waals surface area contributed by atoms with Gasteiger partial charge >= 0.3 is 6.03 Å². The summed E-state index contributed by atoms with van der Waals surface area (Å²) in [5.74, 6) is -0.0838. The average molecular weight is 338 g/mol. The summed E-state index contributed by atoms with van der Waals surface area (Å²) < 4.78 is 0. The van der Waals surface area contributed by atoms with Gasteiger partial charge in [-0.2, -0.15) is 0 Å². The third kappa shape index (κ3) is 3.21. The molecule has 5 heteroatoms. The second kappa shape index (κ2) is 6.93. The van der Waals surface area contributed by atoms with Crippen molar-refractivity contribution in [2.75, 3.05) is 6.26 Å². The van der Waals surface area contributed by atoms with E-state index in [-0.39, 0.29) is 11.8 Å². The molecule has 0 saturated carbocycles. The van der Waals surface area contributed by atoms with Gasteiger partial charge < -0.3 is 10.6 Å². The summed E-state index contributed by atoms with van der Waals surface area (Å²) in [5, 5.41) is 5.57. The molecule has 0 bridgehead atoms. The quantitative estimate of drug-likeness (QED) is 0.656. The zero-order chi connectivity index (χ0) is 17.1. The van der Waals surface area contributed by atoms with Gasteiger partial charge in [0.15, 0.2) is 5.78 Å². The summed E-state index contributed by atoms with van der Waals surface area (Å²) >= 11 is 1.65. The second-order valence-corrected chi connectivity index (χ2v) is 6.42. The van der Waals surface area contributed by atoms with Crippen LogP contribution in [-0.2, 0) is 0 Å². The highest BCUT2D eigenvalue weighted by Gasteiger charge is 2.31. The van der Waals surface area contributed by atoms with Crippen molar-refractivity contribution in [2.45, 2.75) is 17.9 Å². The molecule has 1 atom stereocenters. The van der Waals surface area contributed by atoms with Crippen LogP contribution in [0.3, 0.4) is 0 Å². The number of allylic oxidation sites excluding steroid dienone is 1. The summed E-state index contributed by atoms with van der Waals surface area (Å²) in [7, 11) is 0. The molecule has 3 rings (SSSR count).